The lowest BCUT2D eigenvalue weighted by atomic mass is 9.96. The molecule has 0 unspecified atom stereocenters. The number of aliphatic imine (C=N–C) groups is 1. The molecule has 2 N–H and O–H groups in total. The van der Waals surface area contributed by atoms with Crippen molar-refractivity contribution in [1.82, 2.24) is 10.6 Å². The third-order valence-corrected chi connectivity index (χ3v) is 5.52. The number of hydrogen-bond donors (Lipinski definition) is 2. The van der Waals surface area contributed by atoms with E-state index in [1.54, 1.807) is 30.5 Å². The second-order valence-corrected chi connectivity index (χ2v) is 7.10. The quantitative estimate of drug-likeness (QED) is 0.399. The Morgan fingerprint density at radius 1 is 1.29 bits per heavy atom. The maximum atomic E-state index is 13.5. The lowest BCUT2D eigenvalue weighted by molar-refractivity contribution is 0.607. The first-order valence-corrected chi connectivity index (χ1v) is 8.74. The van der Waals surface area contributed by atoms with Gasteiger partial charge in [0.05, 0.1) is 6.54 Å². The van der Waals surface area contributed by atoms with Gasteiger partial charge in [0.1, 0.15) is 5.82 Å². The zero-order valence-corrected chi connectivity index (χ0v) is 17.1. The highest BCUT2D eigenvalue weighted by molar-refractivity contribution is 14.0. The largest absolute Gasteiger partial charge is 0.356 e. The predicted molar refractivity (Wildman–Crippen MR) is 110 cm³/mol. The van der Waals surface area contributed by atoms with E-state index in [1.807, 2.05) is 6.07 Å². The van der Waals surface area contributed by atoms with E-state index in [1.165, 1.54) is 16.5 Å². The van der Waals surface area contributed by atoms with Gasteiger partial charge in [0.2, 0.25) is 0 Å². The zero-order chi connectivity index (χ0) is 16.3. The van der Waals surface area contributed by atoms with E-state index in [0.717, 1.165) is 37.5 Å². The van der Waals surface area contributed by atoms with Crippen molar-refractivity contribution in [2.24, 2.45) is 4.99 Å². The van der Waals surface area contributed by atoms with Crippen LogP contribution in [0, 0.1) is 12.7 Å². The average molecular weight is 459 g/mol. The molecule has 3 rings (SSSR count). The van der Waals surface area contributed by atoms with Crippen LogP contribution in [0.4, 0.5) is 4.39 Å². The summed E-state index contributed by atoms with van der Waals surface area (Å²) in [6.45, 7) is 3.67. The summed E-state index contributed by atoms with van der Waals surface area (Å²) < 4.78 is 13.5. The molecule has 3 nitrogen and oxygen atoms in total. The van der Waals surface area contributed by atoms with Gasteiger partial charge in [0.25, 0.3) is 0 Å². The summed E-state index contributed by atoms with van der Waals surface area (Å²) in [7, 11) is 1.78. The average Bonchev–Trinajstić information content (AvgIpc) is 3.24. The maximum Gasteiger partial charge on any atom is 0.191 e. The fourth-order valence-electron chi connectivity index (χ4n) is 2.76. The summed E-state index contributed by atoms with van der Waals surface area (Å²) in [5, 5.41) is 8.85. The van der Waals surface area contributed by atoms with Gasteiger partial charge in [0.15, 0.2) is 5.96 Å². The van der Waals surface area contributed by atoms with E-state index in [9.17, 15) is 4.39 Å². The van der Waals surface area contributed by atoms with Gasteiger partial charge in [-0.2, -0.15) is 0 Å². The molecule has 1 fully saturated rings. The van der Waals surface area contributed by atoms with Crippen LogP contribution in [0.2, 0.25) is 0 Å². The summed E-state index contributed by atoms with van der Waals surface area (Å²) in [5.74, 6) is 0.630. The molecule has 0 aliphatic heterocycles. The van der Waals surface area contributed by atoms with Crippen LogP contribution in [-0.4, -0.2) is 19.6 Å². The van der Waals surface area contributed by atoms with Gasteiger partial charge in [-0.25, -0.2) is 4.39 Å². The molecule has 0 saturated heterocycles. The number of halogens is 2. The number of benzene rings is 1. The minimum atomic E-state index is -0.163. The molecule has 2 aromatic rings. The van der Waals surface area contributed by atoms with E-state index < -0.39 is 0 Å². The van der Waals surface area contributed by atoms with Gasteiger partial charge in [0, 0.05) is 23.9 Å². The fraction of sp³-hybridized carbons (Fsp3) is 0.389. The highest BCUT2D eigenvalue weighted by Gasteiger charge is 2.44. The van der Waals surface area contributed by atoms with Gasteiger partial charge in [-0.15, -0.1) is 35.3 Å². The lowest BCUT2D eigenvalue weighted by Gasteiger charge is -2.19. The molecule has 6 heteroatoms. The van der Waals surface area contributed by atoms with Crippen molar-refractivity contribution in [3.63, 3.8) is 0 Å². The molecule has 1 aromatic carbocycles. The third kappa shape index (κ3) is 4.47. The number of thiophene rings is 1. The molecule has 130 valence electrons. The van der Waals surface area contributed by atoms with Gasteiger partial charge < -0.3 is 10.6 Å². The maximum absolute atomic E-state index is 13.5. The Morgan fingerprint density at radius 2 is 2.08 bits per heavy atom. The van der Waals surface area contributed by atoms with Crippen LogP contribution in [0.5, 0.6) is 0 Å². The van der Waals surface area contributed by atoms with Crippen LogP contribution in [0.25, 0.3) is 0 Å². The van der Waals surface area contributed by atoms with Crippen molar-refractivity contribution < 1.29 is 4.39 Å². The van der Waals surface area contributed by atoms with Crippen LogP contribution in [0.1, 0.15) is 28.8 Å². The zero-order valence-electron chi connectivity index (χ0n) is 13.9. The summed E-state index contributed by atoms with van der Waals surface area (Å²) >= 11 is 1.75. The molecule has 0 atom stereocenters. The number of rotatable bonds is 5. The number of nitrogens with zero attached hydrogens (tertiary/aromatic N) is 1. The molecule has 1 heterocycles. The van der Waals surface area contributed by atoms with Crippen molar-refractivity contribution in [3.8, 4) is 0 Å². The first-order chi connectivity index (χ1) is 11.1. The van der Waals surface area contributed by atoms with Crippen molar-refractivity contribution >= 4 is 41.3 Å². The molecule has 1 aliphatic rings. The molecular formula is C18H23FIN3S. The van der Waals surface area contributed by atoms with Crippen molar-refractivity contribution in [2.45, 2.75) is 31.7 Å². The fourth-order valence-corrected chi connectivity index (χ4v) is 3.61. The summed E-state index contributed by atoms with van der Waals surface area (Å²) in [6, 6.07) is 9.08. The number of guanidine groups is 1. The van der Waals surface area contributed by atoms with E-state index in [0.29, 0.717) is 0 Å². The molecular weight excluding hydrogens is 436 g/mol. The number of hydrogen-bond acceptors (Lipinski definition) is 2. The van der Waals surface area contributed by atoms with Crippen molar-refractivity contribution in [2.75, 3.05) is 13.6 Å². The Labute approximate surface area is 163 Å². The smallest absolute Gasteiger partial charge is 0.191 e. The van der Waals surface area contributed by atoms with Gasteiger partial charge >= 0.3 is 0 Å². The minimum Gasteiger partial charge on any atom is -0.356 e. The molecule has 0 radical (unpaired) electrons. The Bertz CT molecular complexity index is 710. The van der Waals surface area contributed by atoms with Crippen LogP contribution >= 0.6 is 35.3 Å². The Hall–Kier alpha value is -1.15. The second-order valence-electron chi connectivity index (χ2n) is 6.10. The number of aryl methyl sites for hydroxylation is 1. The topological polar surface area (TPSA) is 36.4 Å². The van der Waals surface area contributed by atoms with Gasteiger partial charge in [-0.05, 0) is 54.5 Å². The van der Waals surface area contributed by atoms with E-state index >= 15 is 0 Å². The molecule has 1 aromatic heterocycles. The van der Waals surface area contributed by atoms with Crippen LogP contribution in [0.3, 0.4) is 0 Å². The van der Waals surface area contributed by atoms with E-state index in [4.69, 9.17) is 0 Å². The molecule has 0 spiro atoms. The summed E-state index contributed by atoms with van der Waals surface area (Å²) in [6.07, 6.45) is 2.18. The lowest BCUT2D eigenvalue weighted by Crippen LogP contribution is -2.40. The SMILES string of the molecule is CN=C(NCc1sccc1C)NCC1(c2cccc(F)c2)CC1.I. The first kappa shape index (κ1) is 19.2. The third-order valence-electron chi connectivity index (χ3n) is 4.49. The predicted octanol–water partition coefficient (Wildman–Crippen LogP) is 4.21. The Morgan fingerprint density at radius 3 is 2.67 bits per heavy atom. The molecule has 0 amide bonds. The number of nitrogens with one attached hydrogen (secondary N) is 2. The summed E-state index contributed by atoms with van der Waals surface area (Å²) in [5.41, 5.74) is 2.43. The monoisotopic (exact) mass is 459 g/mol. The molecule has 1 saturated carbocycles. The molecule has 1 aliphatic carbocycles. The highest BCUT2D eigenvalue weighted by atomic mass is 127. The van der Waals surface area contributed by atoms with E-state index in [2.05, 4.69) is 34.0 Å². The first-order valence-electron chi connectivity index (χ1n) is 7.86. The standard InChI is InChI=1S/C18H22FN3S.HI/c1-13-6-9-23-16(13)11-21-17(20-2)22-12-18(7-8-18)14-4-3-5-15(19)10-14;/h3-6,9-10H,7-8,11-12H2,1-2H3,(H2,20,21,22);1H. The van der Waals surface area contributed by atoms with Gasteiger partial charge in [-0.1, -0.05) is 12.1 Å². The summed E-state index contributed by atoms with van der Waals surface area (Å²) in [4.78, 5) is 5.60. The van der Waals surface area contributed by atoms with Crippen LogP contribution in [0.15, 0.2) is 40.7 Å². The second kappa shape index (κ2) is 8.29. The van der Waals surface area contributed by atoms with Crippen LogP contribution in [-0.2, 0) is 12.0 Å². The molecule has 0 bridgehead atoms. The highest BCUT2D eigenvalue weighted by Crippen LogP contribution is 2.47. The van der Waals surface area contributed by atoms with Crippen molar-refractivity contribution in [3.05, 3.63) is 57.5 Å². The van der Waals surface area contributed by atoms with Crippen molar-refractivity contribution in [1.29, 1.82) is 0 Å². The Kier molecular flexibility index (Phi) is 6.62. The van der Waals surface area contributed by atoms with Gasteiger partial charge in [-0.3, -0.25) is 4.99 Å². The normalized spacial score (nSPS) is 15.5. The van der Waals surface area contributed by atoms with Crippen LogP contribution < -0.4 is 10.6 Å². The minimum absolute atomic E-state index is 0. The molecule has 24 heavy (non-hydrogen) atoms. The Balaban J connectivity index is 0.00000208. The van der Waals surface area contributed by atoms with E-state index in [-0.39, 0.29) is 35.2 Å².